The quantitative estimate of drug-likeness (QED) is 0.178. The summed E-state index contributed by atoms with van der Waals surface area (Å²) in [7, 11) is 0. The van der Waals surface area contributed by atoms with E-state index in [1.807, 2.05) is 0 Å². The molecule has 14 aliphatic rings. The highest BCUT2D eigenvalue weighted by Crippen LogP contribution is 2.69. The van der Waals surface area contributed by atoms with Crippen molar-refractivity contribution < 1.29 is 0 Å². The highest BCUT2D eigenvalue weighted by atomic mass is 15.0. The SMILES string of the molecule is CC1(C)c2cnc(nc2)C(C)(C)C2(C)c3cnc(cn3)C1(C)CC1(C)c3ncc(cn3)C2(C)C2(C)C3=NCC(C=C3)C1(C)C(C)(C)c1ccc(cn1)C2(C)C. The van der Waals surface area contributed by atoms with E-state index in [0.717, 1.165) is 51.1 Å². The lowest BCUT2D eigenvalue weighted by atomic mass is 9.36. The van der Waals surface area contributed by atoms with Crippen LogP contribution >= 0.6 is 0 Å². The van der Waals surface area contributed by atoms with Crippen LogP contribution in [-0.2, 0) is 43.3 Å². The first-order chi connectivity index (χ1) is 25.5. The number of hydrogen-bond donors (Lipinski definition) is 0. The molecule has 0 fully saturated rings. The predicted octanol–water partition coefficient (Wildman–Crippen LogP) is 8.78. The zero-order valence-corrected chi connectivity index (χ0v) is 35.4. The van der Waals surface area contributed by atoms with Gasteiger partial charge in [-0.15, -0.1) is 0 Å². The first kappa shape index (κ1) is 36.4. The molecule has 8 nitrogen and oxygen atoms in total. The lowest BCUT2D eigenvalue weighted by Crippen LogP contribution is -2.70. The number of hydrogen-bond acceptors (Lipinski definition) is 8. The summed E-state index contributed by atoms with van der Waals surface area (Å²) >= 11 is 0. The number of dihydropyridines is 1. The molecule has 1 aliphatic carbocycles. The second kappa shape index (κ2) is 10.4. The standard InChI is InChI=1S/C47H58N8/c1-38(2)30-21-52-36(53-22-30)41(7,8)47(14)35-26-50-34(25-51-35)42(38,9)27-43(10)37-54-23-31(24-55-37)45(47,12)46(13)33-18-16-29(20-49-33)44(43,11)40(5,6)32-17-15-28(19-48-32)39(46,3)4/h15-19,21-26,29H,20,27H2,1-14H3. The minimum Gasteiger partial charge on any atom is -0.288 e. The molecule has 16 bridgehead atoms. The van der Waals surface area contributed by atoms with Crippen LogP contribution < -0.4 is 0 Å². The Morgan fingerprint density at radius 2 is 1.02 bits per heavy atom. The molecule has 0 aromatic carbocycles. The molecule has 286 valence electrons. The number of rotatable bonds is 0. The first-order valence-electron chi connectivity index (χ1n) is 20.2. The molecule has 13 aliphatic heterocycles. The second-order valence-corrected chi connectivity index (χ2v) is 20.9. The van der Waals surface area contributed by atoms with Crippen LogP contribution in [0.25, 0.3) is 0 Å². The maximum Gasteiger partial charge on any atom is 0.134 e. The molecule has 8 heteroatoms. The fourth-order valence-corrected chi connectivity index (χ4v) is 13.0. The van der Waals surface area contributed by atoms with Crippen molar-refractivity contribution in [2.24, 2.45) is 21.7 Å². The molecule has 7 unspecified atom stereocenters. The van der Waals surface area contributed by atoms with Gasteiger partial charge in [-0.3, -0.25) is 19.9 Å². The van der Waals surface area contributed by atoms with Crippen LogP contribution in [-0.4, -0.2) is 47.1 Å². The van der Waals surface area contributed by atoms with Crippen molar-refractivity contribution in [2.45, 2.75) is 147 Å². The van der Waals surface area contributed by atoms with Crippen molar-refractivity contribution in [1.29, 1.82) is 0 Å². The minimum absolute atomic E-state index is 0.0320. The molecule has 0 radical (unpaired) electrons. The van der Waals surface area contributed by atoms with Crippen LogP contribution in [0.3, 0.4) is 0 Å². The number of allylic oxidation sites excluding steroid dienone is 1. The maximum atomic E-state index is 5.84. The molecule has 0 N–H and O–H groups in total. The van der Waals surface area contributed by atoms with Crippen LogP contribution in [0.5, 0.6) is 0 Å². The maximum absolute atomic E-state index is 5.84. The van der Waals surface area contributed by atoms with Crippen molar-refractivity contribution in [1.82, 2.24) is 34.9 Å². The van der Waals surface area contributed by atoms with E-state index in [1.165, 1.54) is 0 Å². The molecular formula is C47H58N8. The summed E-state index contributed by atoms with van der Waals surface area (Å²) in [6.45, 7) is 33.8. The summed E-state index contributed by atoms with van der Waals surface area (Å²) in [6, 6.07) is 4.66. The molecule has 0 amide bonds. The Kier molecular flexibility index (Phi) is 6.89. The van der Waals surface area contributed by atoms with Crippen LogP contribution in [0.15, 0.2) is 72.7 Å². The molecule has 4 aromatic rings. The third kappa shape index (κ3) is 3.72. The van der Waals surface area contributed by atoms with Gasteiger partial charge in [0.15, 0.2) is 0 Å². The molecular weight excluding hydrogens is 677 g/mol. The Bertz CT molecular complexity index is 2300. The molecule has 17 heterocycles. The van der Waals surface area contributed by atoms with Gasteiger partial charge >= 0.3 is 0 Å². The minimum atomic E-state index is -0.829. The van der Waals surface area contributed by atoms with Crippen LogP contribution in [0.1, 0.15) is 149 Å². The predicted molar refractivity (Wildman–Crippen MR) is 218 cm³/mol. The van der Waals surface area contributed by atoms with Crippen LogP contribution in [0.4, 0.5) is 0 Å². The second-order valence-electron chi connectivity index (χ2n) is 20.9. The van der Waals surface area contributed by atoms with Crippen molar-refractivity contribution in [3.63, 3.8) is 0 Å². The van der Waals surface area contributed by atoms with Gasteiger partial charge in [0.1, 0.15) is 11.6 Å². The van der Waals surface area contributed by atoms with Crippen molar-refractivity contribution in [3.05, 3.63) is 113 Å². The van der Waals surface area contributed by atoms with Gasteiger partial charge in [0.2, 0.25) is 0 Å². The molecule has 4 aromatic heterocycles. The Morgan fingerprint density at radius 1 is 0.455 bits per heavy atom. The third-order valence-corrected chi connectivity index (χ3v) is 18.7. The van der Waals surface area contributed by atoms with Crippen LogP contribution in [0, 0.1) is 16.7 Å². The zero-order valence-electron chi connectivity index (χ0n) is 35.4. The zero-order chi connectivity index (χ0) is 39.6. The third-order valence-electron chi connectivity index (χ3n) is 18.7. The van der Waals surface area contributed by atoms with Crippen LogP contribution in [0.2, 0.25) is 0 Å². The van der Waals surface area contributed by atoms with E-state index < -0.39 is 54.1 Å². The van der Waals surface area contributed by atoms with E-state index in [1.54, 1.807) is 0 Å². The van der Waals surface area contributed by atoms with Gasteiger partial charge < -0.3 is 0 Å². The molecule has 18 rings (SSSR count). The number of nitrogens with zero attached hydrogens (tertiary/aromatic N) is 8. The summed E-state index contributed by atoms with van der Waals surface area (Å²) in [5.41, 5.74) is 0.803. The van der Waals surface area contributed by atoms with E-state index in [9.17, 15) is 0 Å². The van der Waals surface area contributed by atoms with Gasteiger partial charge in [-0.25, -0.2) is 19.9 Å². The molecule has 55 heavy (non-hydrogen) atoms. The van der Waals surface area contributed by atoms with Gasteiger partial charge in [0.25, 0.3) is 0 Å². The lowest BCUT2D eigenvalue weighted by molar-refractivity contribution is -0.0202. The molecule has 0 saturated carbocycles. The summed E-state index contributed by atoms with van der Waals surface area (Å²) in [6.07, 6.45) is 20.4. The Hall–Kier alpha value is -4.20. The largest absolute Gasteiger partial charge is 0.288 e. The smallest absolute Gasteiger partial charge is 0.134 e. The monoisotopic (exact) mass is 734 g/mol. The fraction of sp³-hybridized carbons (Fsp3) is 0.574. The van der Waals surface area contributed by atoms with E-state index in [2.05, 4.69) is 165 Å². The topological polar surface area (TPSA) is 103 Å². The Morgan fingerprint density at radius 3 is 1.58 bits per heavy atom. The Labute approximate surface area is 327 Å². The number of aliphatic imine (C=N–C) groups is 1. The average Bonchev–Trinajstić information content (AvgIpc) is 3.18. The average molecular weight is 735 g/mol. The van der Waals surface area contributed by atoms with Crippen molar-refractivity contribution >= 4 is 5.71 Å². The first-order valence-corrected chi connectivity index (χ1v) is 20.2. The molecule has 7 atom stereocenters. The van der Waals surface area contributed by atoms with Crippen molar-refractivity contribution in [2.75, 3.05) is 6.54 Å². The van der Waals surface area contributed by atoms with Gasteiger partial charge in [0.05, 0.1) is 11.4 Å². The fourth-order valence-electron chi connectivity index (χ4n) is 13.0. The summed E-state index contributed by atoms with van der Waals surface area (Å²) in [4.78, 5) is 44.5. The summed E-state index contributed by atoms with van der Waals surface area (Å²) in [5.74, 6) is 1.62. The molecule has 0 saturated heterocycles. The Balaban J connectivity index is 1.62. The number of pyridine rings is 1. The summed E-state index contributed by atoms with van der Waals surface area (Å²) in [5, 5.41) is 0. The van der Waals surface area contributed by atoms with E-state index in [4.69, 9.17) is 39.9 Å². The normalized spacial score (nSPS) is 38.0. The highest BCUT2D eigenvalue weighted by Gasteiger charge is 2.72. The lowest BCUT2D eigenvalue weighted by Gasteiger charge is -2.66. The van der Waals surface area contributed by atoms with E-state index >= 15 is 0 Å². The van der Waals surface area contributed by atoms with E-state index in [0.29, 0.717) is 13.0 Å². The van der Waals surface area contributed by atoms with Gasteiger partial charge in [-0.2, -0.15) is 0 Å². The van der Waals surface area contributed by atoms with Crippen molar-refractivity contribution in [3.8, 4) is 0 Å². The molecule has 0 spiro atoms. The van der Waals surface area contributed by atoms with Gasteiger partial charge in [0, 0.05) is 116 Å². The number of aromatic nitrogens is 7. The van der Waals surface area contributed by atoms with Gasteiger partial charge in [-0.1, -0.05) is 109 Å². The van der Waals surface area contributed by atoms with E-state index in [-0.39, 0.29) is 5.92 Å². The summed E-state index contributed by atoms with van der Waals surface area (Å²) < 4.78 is 0. The van der Waals surface area contributed by atoms with Gasteiger partial charge in [-0.05, 0) is 40.7 Å². The highest BCUT2D eigenvalue weighted by molar-refractivity contribution is 6.03.